The molecule has 176 valence electrons. The molecule has 37 heavy (non-hydrogen) atoms. The number of halogens is 3. The molecule has 0 atom stereocenters. The Morgan fingerprint density at radius 2 is 1.11 bits per heavy atom. The first kappa shape index (κ1) is 41.5. The van der Waals surface area contributed by atoms with Crippen molar-refractivity contribution in [1.29, 1.82) is 0 Å². The third-order valence-corrected chi connectivity index (χ3v) is 4.58. The molecule has 0 bridgehead atoms. The van der Waals surface area contributed by atoms with Gasteiger partial charge in [-0.25, -0.2) is 0 Å². The molecule has 0 radical (unpaired) electrons. The Labute approximate surface area is 298 Å². The van der Waals surface area contributed by atoms with Crippen molar-refractivity contribution in [2.45, 2.75) is 25.7 Å². The number of aromatic carboxylic acids is 3. The molecule has 0 fully saturated rings. The molecule has 0 heterocycles. The molecule has 0 saturated carbocycles. The van der Waals surface area contributed by atoms with Crippen LogP contribution in [0.2, 0.25) is 0 Å². The van der Waals surface area contributed by atoms with Crippen LogP contribution in [0.1, 0.15) is 54.2 Å². The number of aliphatic carboxylic acids is 1. The minimum Gasteiger partial charge on any atom is -0.550 e. The van der Waals surface area contributed by atoms with Gasteiger partial charge in [-0.3, -0.25) is 4.90 Å². The molecule has 9 nitrogen and oxygen atoms in total. The second kappa shape index (κ2) is 18.4. The van der Waals surface area contributed by atoms with Crippen LogP contribution >= 0.6 is 0 Å². The molecule has 0 N–H and O–H groups in total. The van der Waals surface area contributed by atoms with Crippen molar-refractivity contribution in [3.05, 3.63) is 69.8 Å². The van der Waals surface area contributed by atoms with Gasteiger partial charge in [-0.1, -0.05) is 24.3 Å². The number of hydrogen-bond donors (Lipinski definition) is 0. The number of rotatable bonds is 10. The van der Waals surface area contributed by atoms with Gasteiger partial charge in [0.1, 0.15) is 0 Å². The van der Waals surface area contributed by atoms with Gasteiger partial charge >= 0.3 is 124 Å². The van der Waals surface area contributed by atoms with Crippen LogP contribution in [0.5, 0.6) is 0 Å². The average molecular weight is 557 g/mol. The second-order valence-corrected chi connectivity index (χ2v) is 6.95. The van der Waals surface area contributed by atoms with Gasteiger partial charge in [0.2, 0.25) is 0 Å². The van der Waals surface area contributed by atoms with E-state index >= 15 is 0 Å². The fourth-order valence-electron chi connectivity index (χ4n) is 3.12. The predicted octanol–water partition coefficient (Wildman–Crippen LogP) is -14.0. The van der Waals surface area contributed by atoms with Gasteiger partial charge in [0.15, 0.2) is 0 Å². The molecule has 0 amide bonds. The SMILES string of the molecule is O=C([O-])CCN(Cc1ccc(C(=O)[O-])c(C(=O)[O-])c1)Cc1ccc(C(=O)[O-])c(C(F)(F)F)c1.[Na+].[Na+].[Na+].[Na+]. The summed E-state index contributed by atoms with van der Waals surface area (Å²) in [5.74, 6) is -7.04. The van der Waals surface area contributed by atoms with E-state index < -0.39 is 58.7 Å². The Kier molecular flexibility index (Phi) is 20.7. The summed E-state index contributed by atoms with van der Waals surface area (Å²) in [6.45, 7) is -0.703. The molecule has 2 aromatic carbocycles. The Hall–Kier alpha value is 0.0700. The van der Waals surface area contributed by atoms with Gasteiger partial charge in [0.25, 0.3) is 0 Å². The maximum Gasteiger partial charge on any atom is 1.00 e. The van der Waals surface area contributed by atoms with E-state index in [0.29, 0.717) is 12.1 Å². The summed E-state index contributed by atoms with van der Waals surface area (Å²) < 4.78 is 39.7. The Bertz CT molecular complexity index is 1120. The molecule has 16 heteroatoms. The minimum atomic E-state index is -4.99. The first-order chi connectivity index (χ1) is 15.3. The normalized spacial score (nSPS) is 10.2. The zero-order valence-electron chi connectivity index (χ0n) is 20.6. The zero-order chi connectivity index (χ0) is 24.9. The van der Waals surface area contributed by atoms with Crippen LogP contribution in [-0.2, 0) is 24.1 Å². The summed E-state index contributed by atoms with van der Waals surface area (Å²) in [5, 5.41) is 44.1. The third-order valence-electron chi connectivity index (χ3n) is 4.58. The standard InChI is InChI=1S/C21H18F3NO8.4Na/c22-21(23,24)16-8-12(2-4-14(16)19(30)31)10-25(6-5-17(26)27)9-11-1-3-13(18(28)29)15(7-11)20(32)33;;;;/h1-4,7-8H,5-6,9-10H2,(H,26,27)(H,28,29)(H,30,31)(H,32,33);;;;/q;4*+1/p-4. The number of carboxylic acid groups (broad SMARTS) is 4. The molecule has 2 aromatic rings. The van der Waals surface area contributed by atoms with Crippen LogP contribution in [0, 0.1) is 0 Å². The van der Waals surface area contributed by atoms with E-state index in [1.165, 1.54) is 11.0 Å². The Morgan fingerprint density at radius 3 is 1.51 bits per heavy atom. The number of carbonyl (C=O) groups is 4. The molecule has 0 unspecified atom stereocenters. The predicted molar refractivity (Wildman–Crippen MR) is 94.6 cm³/mol. The van der Waals surface area contributed by atoms with Crippen molar-refractivity contribution in [2.75, 3.05) is 6.54 Å². The monoisotopic (exact) mass is 557 g/mol. The third kappa shape index (κ3) is 12.9. The van der Waals surface area contributed by atoms with Crippen LogP contribution < -0.4 is 139 Å². The maximum absolute atomic E-state index is 13.2. The topological polar surface area (TPSA) is 164 Å². The summed E-state index contributed by atoms with van der Waals surface area (Å²) in [5.41, 5.74) is -3.67. The molecule has 0 spiro atoms. The molecule has 0 aliphatic carbocycles. The van der Waals surface area contributed by atoms with E-state index in [1.807, 2.05) is 0 Å². The van der Waals surface area contributed by atoms with Crippen molar-refractivity contribution in [3.63, 3.8) is 0 Å². The Morgan fingerprint density at radius 1 is 0.676 bits per heavy atom. The van der Waals surface area contributed by atoms with Crippen molar-refractivity contribution in [1.82, 2.24) is 4.90 Å². The molecule has 0 aromatic heterocycles. The van der Waals surface area contributed by atoms with E-state index in [4.69, 9.17) is 0 Å². The van der Waals surface area contributed by atoms with E-state index in [9.17, 15) is 52.8 Å². The summed E-state index contributed by atoms with van der Waals surface area (Å²) in [7, 11) is 0. The maximum atomic E-state index is 13.2. The molecule has 0 aliphatic rings. The first-order valence-corrected chi connectivity index (χ1v) is 9.19. The van der Waals surface area contributed by atoms with Crippen LogP contribution in [0.3, 0.4) is 0 Å². The van der Waals surface area contributed by atoms with Gasteiger partial charge in [0.05, 0.1) is 23.5 Å². The fourth-order valence-corrected chi connectivity index (χ4v) is 3.12. The van der Waals surface area contributed by atoms with Crippen molar-refractivity contribution >= 4 is 23.9 Å². The number of carbonyl (C=O) groups excluding carboxylic acids is 4. The van der Waals surface area contributed by atoms with E-state index in [2.05, 4.69) is 0 Å². The smallest absolute Gasteiger partial charge is 0.550 e. The quantitative estimate of drug-likeness (QED) is 0.258. The van der Waals surface area contributed by atoms with E-state index in [1.54, 1.807) is 0 Å². The summed E-state index contributed by atoms with van der Waals surface area (Å²) in [6, 6.07) is 5.54. The van der Waals surface area contributed by atoms with Gasteiger partial charge in [-0.15, -0.1) is 0 Å². The van der Waals surface area contributed by atoms with Gasteiger partial charge in [-0.05, 0) is 29.7 Å². The van der Waals surface area contributed by atoms with Crippen molar-refractivity contribution in [2.24, 2.45) is 0 Å². The second-order valence-electron chi connectivity index (χ2n) is 6.95. The number of benzene rings is 2. The van der Waals surface area contributed by atoms with Gasteiger partial charge in [0, 0.05) is 42.3 Å². The molecular formula is C21H14F3NNa4O8. The van der Waals surface area contributed by atoms with Crippen molar-refractivity contribution in [3.8, 4) is 0 Å². The first-order valence-electron chi connectivity index (χ1n) is 9.19. The van der Waals surface area contributed by atoms with E-state index in [-0.39, 0.29) is 149 Å². The molecular weight excluding hydrogens is 543 g/mol. The van der Waals surface area contributed by atoms with Crippen LogP contribution in [-0.4, -0.2) is 35.3 Å². The summed E-state index contributed by atoms with van der Waals surface area (Å²) >= 11 is 0. The Balaban J connectivity index is -0.00000289. The number of nitrogens with zero attached hydrogens (tertiary/aromatic N) is 1. The summed E-state index contributed by atoms with van der Waals surface area (Å²) in [6.07, 6.45) is -5.51. The number of alkyl halides is 3. The van der Waals surface area contributed by atoms with Gasteiger partial charge < -0.3 is 39.6 Å². The van der Waals surface area contributed by atoms with Crippen molar-refractivity contribution < 1.29 is 171 Å². The molecule has 0 aliphatic heterocycles. The summed E-state index contributed by atoms with van der Waals surface area (Å²) in [4.78, 5) is 45.5. The molecule has 2 rings (SSSR count). The van der Waals surface area contributed by atoms with E-state index in [0.717, 1.165) is 18.2 Å². The van der Waals surface area contributed by atoms with Crippen LogP contribution in [0.25, 0.3) is 0 Å². The van der Waals surface area contributed by atoms with Gasteiger partial charge in [-0.2, -0.15) is 13.2 Å². The minimum absolute atomic E-state index is 0. The van der Waals surface area contributed by atoms with Crippen LogP contribution in [0.15, 0.2) is 36.4 Å². The largest absolute Gasteiger partial charge is 1.00 e. The fraction of sp³-hybridized carbons (Fsp3) is 0.238. The average Bonchev–Trinajstić information content (AvgIpc) is 2.70. The number of carboxylic acids is 4. The number of hydrogen-bond acceptors (Lipinski definition) is 9. The van der Waals surface area contributed by atoms with Crippen LogP contribution in [0.4, 0.5) is 13.2 Å². The zero-order valence-corrected chi connectivity index (χ0v) is 28.6. The molecule has 0 saturated heterocycles.